The van der Waals surface area contributed by atoms with Gasteiger partial charge in [-0.15, -0.1) is 0 Å². The van der Waals surface area contributed by atoms with Gasteiger partial charge < -0.3 is 15.0 Å². The first-order chi connectivity index (χ1) is 9.38. The average molecular weight is 405 g/mol. The zero-order chi connectivity index (χ0) is 14.9. The third kappa shape index (κ3) is 3.13. The molecule has 7 heteroatoms. The predicted octanol–water partition coefficient (Wildman–Crippen LogP) is 3.23. The number of nitrogens with zero attached hydrogens (tertiary/aromatic N) is 1. The molecule has 1 aromatic heterocycles. The molecular formula is C13H10ClIN2O3. The summed E-state index contributed by atoms with van der Waals surface area (Å²) in [6, 6.07) is 6.30. The number of carbonyl (C=O) groups excluding carboxylic acids is 1. The molecule has 0 saturated carbocycles. The van der Waals surface area contributed by atoms with Crippen molar-refractivity contribution in [1.29, 1.82) is 0 Å². The fraction of sp³-hybridized carbons (Fsp3) is 0.0769. The van der Waals surface area contributed by atoms with E-state index >= 15 is 0 Å². The molecule has 0 aliphatic rings. The minimum Gasteiger partial charge on any atom is -0.478 e. The molecule has 1 heterocycles. The zero-order valence-electron chi connectivity index (χ0n) is 10.4. The van der Waals surface area contributed by atoms with Gasteiger partial charge in [-0.3, -0.25) is 4.79 Å². The van der Waals surface area contributed by atoms with E-state index in [2.05, 4.69) is 5.32 Å². The number of rotatable bonds is 3. The number of nitrogens with one attached hydrogen (secondary N) is 1. The molecule has 104 valence electrons. The lowest BCUT2D eigenvalue weighted by Gasteiger charge is -2.09. The third-order valence-corrected chi connectivity index (χ3v) is 3.54. The van der Waals surface area contributed by atoms with E-state index in [0.29, 0.717) is 10.7 Å². The van der Waals surface area contributed by atoms with E-state index in [0.717, 1.165) is 3.57 Å². The molecule has 2 rings (SSSR count). The summed E-state index contributed by atoms with van der Waals surface area (Å²) in [6.45, 7) is 0. The van der Waals surface area contributed by atoms with Gasteiger partial charge in [-0.2, -0.15) is 0 Å². The molecule has 5 nitrogen and oxygen atoms in total. The molecule has 2 aromatic rings. The van der Waals surface area contributed by atoms with Crippen molar-refractivity contribution in [1.82, 2.24) is 4.57 Å². The minimum absolute atomic E-state index is 0.0468. The number of hydrogen-bond acceptors (Lipinski definition) is 2. The minimum atomic E-state index is -1.09. The molecule has 2 N–H and O–H groups in total. The number of aromatic nitrogens is 1. The van der Waals surface area contributed by atoms with Crippen molar-refractivity contribution in [2.45, 2.75) is 0 Å². The SMILES string of the molecule is Cn1cc(Cl)cc1C(=O)Nc1ccc(I)cc1C(=O)O. The van der Waals surface area contributed by atoms with Gasteiger partial charge in [0.15, 0.2) is 0 Å². The van der Waals surface area contributed by atoms with E-state index in [-0.39, 0.29) is 11.3 Å². The van der Waals surface area contributed by atoms with Crippen LogP contribution in [0.15, 0.2) is 30.5 Å². The summed E-state index contributed by atoms with van der Waals surface area (Å²) in [4.78, 5) is 23.3. The highest BCUT2D eigenvalue weighted by atomic mass is 127. The first-order valence-electron chi connectivity index (χ1n) is 5.54. The molecule has 0 aliphatic heterocycles. The van der Waals surface area contributed by atoms with Gasteiger partial charge in [-0.1, -0.05) is 11.6 Å². The molecule has 0 radical (unpaired) electrons. The second kappa shape index (κ2) is 5.84. The van der Waals surface area contributed by atoms with Gasteiger partial charge >= 0.3 is 5.97 Å². The molecule has 0 saturated heterocycles. The van der Waals surface area contributed by atoms with E-state index in [1.54, 1.807) is 29.9 Å². The number of carbonyl (C=O) groups is 2. The maximum atomic E-state index is 12.1. The Kier molecular flexibility index (Phi) is 4.34. The number of carboxylic acids is 1. The number of hydrogen-bond donors (Lipinski definition) is 2. The first-order valence-corrected chi connectivity index (χ1v) is 7.00. The van der Waals surface area contributed by atoms with Gasteiger partial charge in [0.05, 0.1) is 16.3 Å². The monoisotopic (exact) mass is 404 g/mol. The molecule has 0 bridgehead atoms. The van der Waals surface area contributed by atoms with Crippen LogP contribution >= 0.6 is 34.2 Å². The van der Waals surface area contributed by atoms with Crippen molar-refractivity contribution < 1.29 is 14.7 Å². The van der Waals surface area contributed by atoms with Gasteiger partial charge in [0, 0.05) is 16.8 Å². The van der Waals surface area contributed by atoms with Crippen LogP contribution in [0, 0.1) is 3.57 Å². The third-order valence-electron chi connectivity index (χ3n) is 2.66. The van der Waals surface area contributed by atoms with Crippen LogP contribution in [-0.2, 0) is 7.05 Å². The number of aromatic carboxylic acids is 1. The van der Waals surface area contributed by atoms with E-state index in [4.69, 9.17) is 16.7 Å². The summed E-state index contributed by atoms with van der Waals surface area (Å²) < 4.78 is 2.35. The summed E-state index contributed by atoms with van der Waals surface area (Å²) >= 11 is 7.83. The van der Waals surface area contributed by atoms with Crippen LogP contribution in [0.25, 0.3) is 0 Å². The molecule has 20 heavy (non-hydrogen) atoms. The molecule has 0 fully saturated rings. The highest BCUT2D eigenvalue weighted by Crippen LogP contribution is 2.21. The van der Waals surface area contributed by atoms with Crippen LogP contribution in [0.3, 0.4) is 0 Å². The average Bonchev–Trinajstić information content (AvgIpc) is 2.70. The predicted molar refractivity (Wildman–Crippen MR) is 84.5 cm³/mol. The Morgan fingerprint density at radius 3 is 2.60 bits per heavy atom. The van der Waals surface area contributed by atoms with Crippen molar-refractivity contribution in [3.63, 3.8) is 0 Å². The van der Waals surface area contributed by atoms with E-state index in [9.17, 15) is 9.59 Å². The van der Waals surface area contributed by atoms with Crippen LogP contribution < -0.4 is 5.32 Å². The number of carboxylic acid groups (broad SMARTS) is 1. The number of amides is 1. The molecule has 1 aromatic carbocycles. The normalized spacial score (nSPS) is 10.3. The van der Waals surface area contributed by atoms with E-state index in [1.807, 2.05) is 22.6 Å². The summed E-state index contributed by atoms with van der Waals surface area (Å²) in [6.07, 6.45) is 1.60. The van der Waals surface area contributed by atoms with Crippen molar-refractivity contribution in [2.75, 3.05) is 5.32 Å². The van der Waals surface area contributed by atoms with Crippen molar-refractivity contribution in [2.24, 2.45) is 7.05 Å². The Morgan fingerprint density at radius 1 is 1.35 bits per heavy atom. The zero-order valence-corrected chi connectivity index (χ0v) is 13.3. The molecule has 1 amide bonds. The van der Waals surface area contributed by atoms with Crippen molar-refractivity contribution in [3.05, 3.63) is 50.3 Å². The maximum absolute atomic E-state index is 12.1. The maximum Gasteiger partial charge on any atom is 0.337 e. The number of halogens is 2. The molecule has 0 atom stereocenters. The Morgan fingerprint density at radius 2 is 2.05 bits per heavy atom. The van der Waals surface area contributed by atoms with Crippen molar-refractivity contribution in [3.8, 4) is 0 Å². The topological polar surface area (TPSA) is 71.3 Å². The fourth-order valence-electron chi connectivity index (χ4n) is 1.74. The lowest BCUT2D eigenvalue weighted by molar-refractivity contribution is 0.0698. The van der Waals surface area contributed by atoms with Gasteiger partial charge in [0.1, 0.15) is 5.69 Å². The summed E-state index contributed by atoms with van der Waals surface area (Å²) in [5, 5.41) is 12.2. The highest BCUT2D eigenvalue weighted by molar-refractivity contribution is 14.1. The van der Waals surface area contributed by atoms with Gasteiger partial charge in [-0.05, 0) is 46.9 Å². The molecule has 0 spiro atoms. The van der Waals surface area contributed by atoms with Gasteiger partial charge in [-0.25, -0.2) is 4.79 Å². The lowest BCUT2D eigenvalue weighted by Crippen LogP contribution is -2.17. The Labute approximate surface area is 133 Å². The van der Waals surface area contributed by atoms with E-state index in [1.165, 1.54) is 12.1 Å². The first kappa shape index (κ1) is 14.9. The van der Waals surface area contributed by atoms with Gasteiger partial charge in [0.2, 0.25) is 0 Å². The lowest BCUT2D eigenvalue weighted by atomic mass is 10.2. The van der Waals surface area contributed by atoms with Crippen LogP contribution in [0.4, 0.5) is 5.69 Å². The van der Waals surface area contributed by atoms with Gasteiger partial charge in [0.25, 0.3) is 5.91 Å². The second-order valence-corrected chi connectivity index (χ2v) is 5.79. The number of aryl methyl sites for hydroxylation is 1. The highest BCUT2D eigenvalue weighted by Gasteiger charge is 2.16. The Balaban J connectivity index is 2.33. The quantitative estimate of drug-likeness (QED) is 0.772. The Bertz CT molecular complexity index is 697. The Hall–Kier alpha value is -1.54. The fourth-order valence-corrected chi connectivity index (χ4v) is 2.48. The van der Waals surface area contributed by atoms with Crippen LogP contribution in [0.5, 0.6) is 0 Å². The summed E-state index contributed by atoms with van der Waals surface area (Å²) in [5.74, 6) is -1.51. The number of anilines is 1. The second-order valence-electron chi connectivity index (χ2n) is 4.10. The molecular weight excluding hydrogens is 395 g/mol. The van der Waals surface area contributed by atoms with Crippen LogP contribution in [-0.4, -0.2) is 21.6 Å². The number of benzene rings is 1. The standard InChI is InChI=1S/C13H10ClIN2O3/c1-17-6-7(14)4-11(17)12(18)16-10-3-2-8(15)5-9(10)13(19)20/h2-6H,1H3,(H,16,18)(H,19,20). The smallest absolute Gasteiger partial charge is 0.337 e. The van der Waals surface area contributed by atoms with Crippen LogP contribution in [0.1, 0.15) is 20.8 Å². The largest absolute Gasteiger partial charge is 0.478 e. The molecule has 0 unspecified atom stereocenters. The van der Waals surface area contributed by atoms with Crippen LogP contribution in [0.2, 0.25) is 5.02 Å². The molecule has 0 aliphatic carbocycles. The summed E-state index contributed by atoms with van der Waals surface area (Å²) in [5.41, 5.74) is 0.649. The van der Waals surface area contributed by atoms with E-state index < -0.39 is 11.9 Å². The van der Waals surface area contributed by atoms with Crippen molar-refractivity contribution >= 4 is 51.8 Å². The summed E-state index contributed by atoms with van der Waals surface area (Å²) in [7, 11) is 1.69.